The SMILES string of the molecule is CCOC(=O)CNC(=S)N(C)/N=C/c1ccccc1. The molecule has 1 N–H and O–H groups in total. The summed E-state index contributed by atoms with van der Waals surface area (Å²) < 4.78 is 4.78. The minimum atomic E-state index is -0.342. The molecule has 1 aromatic rings. The Morgan fingerprint density at radius 3 is 2.79 bits per heavy atom. The van der Waals surface area contributed by atoms with Gasteiger partial charge in [-0.25, -0.2) is 5.01 Å². The molecule has 0 aliphatic heterocycles. The van der Waals surface area contributed by atoms with Crippen molar-refractivity contribution in [2.45, 2.75) is 6.92 Å². The fraction of sp³-hybridized carbons (Fsp3) is 0.308. The Labute approximate surface area is 118 Å². The lowest BCUT2D eigenvalue weighted by Gasteiger charge is -2.14. The number of nitrogens with one attached hydrogen (secondary N) is 1. The standard InChI is InChI=1S/C13H17N3O2S/c1-3-18-12(17)10-14-13(19)16(2)15-9-11-7-5-4-6-8-11/h4-9H,3,10H2,1-2H3,(H,14,19)/b15-9+. The van der Waals surface area contributed by atoms with Crippen LogP contribution in [0.3, 0.4) is 0 Å². The number of carbonyl (C=O) groups excluding carboxylic acids is 1. The first-order valence-corrected chi connectivity index (χ1v) is 6.30. The molecule has 102 valence electrons. The zero-order chi connectivity index (χ0) is 14.1. The summed E-state index contributed by atoms with van der Waals surface area (Å²) in [5, 5.41) is 8.79. The summed E-state index contributed by atoms with van der Waals surface area (Å²) in [7, 11) is 1.71. The lowest BCUT2D eigenvalue weighted by atomic mass is 10.2. The van der Waals surface area contributed by atoms with Gasteiger partial charge < -0.3 is 10.1 Å². The van der Waals surface area contributed by atoms with Crippen LogP contribution in [0.15, 0.2) is 35.4 Å². The van der Waals surface area contributed by atoms with Crippen molar-refractivity contribution in [3.63, 3.8) is 0 Å². The molecule has 5 nitrogen and oxygen atoms in total. The number of esters is 1. The van der Waals surface area contributed by atoms with Gasteiger partial charge in [0, 0.05) is 7.05 Å². The average molecular weight is 279 g/mol. The van der Waals surface area contributed by atoms with Crippen LogP contribution < -0.4 is 5.32 Å². The lowest BCUT2D eigenvalue weighted by molar-refractivity contribution is -0.141. The number of benzene rings is 1. The molecule has 6 heteroatoms. The van der Waals surface area contributed by atoms with E-state index >= 15 is 0 Å². The summed E-state index contributed by atoms with van der Waals surface area (Å²) in [6.45, 7) is 2.15. The molecule has 0 radical (unpaired) electrons. The molecule has 0 aliphatic carbocycles. The second-order valence-electron chi connectivity index (χ2n) is 3.64. The fourth-order valence-electron chi connectivity index (χ4n) is 1.22. The van der Waals surface area contributed by atoms with Crippen LogP contribution in [-0.4, -0.2) is 42.5 Å². The number of thiocarbonyl (C=S) groups is 1. The van der Waals surface area contributed by atoms with E-state index in [9.17, 15) is 4.79 Å². The first kappa shape index (κ1) is 15.1. The highest BCUT2D eigenvalue weighted by Gasteiger charge is 2.05. The van der Waals surface area contributed by atoms with Gasteiger partial charge >= 0.3 is 5.97 Å². The molecule has 0 saturated heterocycles. The van der Waals surface area contributed by atoms with Crippen molar-refractivity contribution >= 4 is 29.5 Å². The molecule has 0 fully saturated rings. The molecular formula is C13H17N3O2S. The normalized spacial score (nSPS) is 10.2. The topological polar surface area (TPSA) is 53.9 Å². The van der Waals surface area contributed by atoms with Crippen LogP contribution >= 0.6 is 12.2 Å². The highest BCUT2D eigenvalue weighted by Crippen LogP contribution is 1.95. The van der Waals surface area contributed by atoms with Crippen LogP contribution in [0.2, 0.25) is 0 Å². The van der Waals surface area contributed by atoms with Crippen LogP contribution in [0.25, 0.3) is 0 Å². The van der Waals surface area contributed by atoms with Gasteiger partial charge in [0.15, 0.2) is 5.11 Å². The number of carbonyl (C=O) groups is 1. The molecule has 19 heavy (non-hydrogen) atoms. The molecule has 0 aromatic heterocycles. The number of rotatable bonds is 5. The molecule has 0 spiro atoms. The van der Waals surface area contributed by atoms with E-state index in [1.54, 1.807) is 20.2 Å². The minimum Gasteiger partial charge on any atom is -0.465 e. The summed E-state index contributed by atoms with van der Waals surface area (Å²) in [6.07, 6.45) is 1.69. The van der Waals surface area contributed by atoms with E-state index in [1.165, 1.54) is 5.01 Å². The smallest absolute Gasteiger partial charge is 0.325 e. The van der Waals surface area contributed by atoms with E-state index in [-0.39, 0.29) is 12.5 Å². The number of hydrazone groups is 1. The molecule has 1 rings (SSSR count). The fourth-order valence-corrected chi connectivity index (χ4v) is 1.34. The molecule has 0 saturated carbocycles. The third kappa shape index (κ3) is 5.96. The lowest BCUT2D eigenvalue weighted by Crippen LogP contribution is -2.37. The molecule has 0 bridgehead atoms. The number of ether oxygens (including phenoxy) is 1. The van der Waals surface area contributed by atoms with Gasteiger partial charge in [0.1, 0.15) is 6.54 Å². The molecule has 0 heterocycles. The van der Waals surface area contributed by atoms with Crippen molar-refractivity contribution in [2.24, 2.45) is 5.10 Å². The summed E-state index contributed by atoms with van der Waals surface area (Å²) in [5.74, 6) is -0.342. The van der Waals surface area contributed by atoms with Gasteiger partial charge in [-0.1, -0.05) is 30.3 Å². The van der Waals surface area contributed by atoms with Crippen LogP contribution in [0.4, 0.5) is 0 Å². The van der Waals surface area contributed by atoms with Crippen molar-refractivity contribution in [3.8, 4) is 0 Å². The highest BCUT2D eigenvalue weighted by atomic mass is 32.1. The Morgan fingerprint density at radius 1 is 1.47 bits per heavy atom. The Morgan fingerprint density at radius 2 is 2.16 bits per heavy atom. The maximum atomic E-state index is 11.1. The van der Waals surface area contributed by atoms with Gasteiger partial charge in [0.05, 0.1) is 12.8 Å². The van der Waals surface area contributed by atoms with Gasteiger partial charge in [0.2, 0.25) is 0 Å². The molecule has 0 unspecified atom stereocenters. The second kappa shape index (κ2) is 8.20. The Balaban J connectivity index is 2.40. The maximum absolute atomic E-state index is 11.1. The maximum Gasteiger partial charge on any atom is 0.325 e. The van der Waals surface area contributed by atoms with Crippen molar-refractivity contribution in [3.05, 3.63) is 35.9 Å². The van der Waals surface area contributed by atoms with Gasteiger partial charge in [-0.15, -0.1) is 0 Å². The van der Waals surface area contributed by atoms with Gasteiger partial charge in [-0.3, -0.25) is 4.79 Å². The number of hydrogen-bond acceptors (Lipinski definition) is 4. The van der Waals surface area contributed by atoms with Crippen LogP contribution in [0, 0.1) is 0 Å². The quantitative estimate of drug-likeness (QED) is 0.382. The summed E-state index contributed by atoms with van der Waals surface area (Å²) in [4.78, 5) is 11.1. The Hall–Kier alpha value is -1.95. The second-order valence-corrected chi connectivity index (χ2v) is 4.03. The molecule has 0 amide bonds. The monoisotopic (exact) mass is 279 g/mol. The van der Waals surface area contributed by atoms with Crippen molar-refractivity contribution in [1.29, 1.82) is 0 Å². The predicted octanol–water partition coefficient (Wildman–Crippen LogP) is 1.39. The third-order valence-corrected chi connectivity index (χ3v) is 2.57. The van der Waals surface area contributed by atoms with Gasteiger partial charge in [0.25, 0.3) is 0 Å². The highest BCUT2D eigenvalue weighted by molar-refractivity contribution is 7.80. The molecular weight excluding hydrogens is 262 g/mol. The third-order valence-electron chi connectivity index (χ3n) is 2.16. The Kier molecular flexibility index (Phi) is 6.52. The summed E-state index contributed by atoms with van der Waals surface area (Å²) >= 11 is 5.09. The zero-order valence-electron chi connectivity index (χ0n) is 11.0. The molecule has 0 atom stereocenters. The summed E-state index contributed by atoms with van der Waals surface area (Å²) in [6, 6.07) is 9.67. The van der Waals surface area contributed by atoms with Crippen molar-refractivity contribution in [2.75, 3.05) is 20.2 Å². The van der Waals surface area contributed by atoms with Crippen LogP contribution in [0.5, 0.6) is 0 Å². The Bertz CT molecular complexity index is 448. The van der Waals surface area contributed by atoms with E-state index in [4.69, 9.17) is 17.0 Å². The van der Waals surface area contributed by atoms with E-state index in [0.717, 1.165) is 5.56 Å². The average Bonchev–Trinajstić information content (AvgIpc) is 2.43. The van der Waals surface area contributed by atoms with Crippen molar-refractivity contribution < 1.29 is 9.53 Å². The zero-order valence-corrected chi connectivity index (χ0v) is 11.8. The summed E-state index contributed by atoms with van der Waals surface area (Å²) in [5.41, 5.74) is 0.975. The molecule has 0 aliphatic rings. The van der Waals surface area contributed by atoms with Crippen LogP contribution in [0.1, 0.15) is 12.5 Å². The number of hydrogen-bond donors (Lipinski definition) is 1. The first-order valence-electron chi connectivity index (χ1n) is 5.89. The number of nitrogens with zero attached hydrogens (tertiary/aromatic N) is 2. The predicted molar refractivity (Wildman–Crippen MR) is 79.0 cm³/mol. The van der Waals surface area contributed by atoms with E-state index in [0.29, 0.717) is 11.7 Å². The van der Waals surface area contributed by atoms with E-state index in [2.05, 4.69) is 10.4 Å². The molecule has 1 aromatic carbocycles. The minimum absolute atomic E-state index is 0.0396. The van der Waals surface area contributed by atoms with Crippen molar-refractivity contribution in [1.82, 2.24) is 10.3 Å². The largest absolute Gasteiger partial charge is 0.465 e. The van der Waals surface area contributed by atoms with Gasteiger partial charge in [-0.2, -0.15) is 5.10 Å². The first-order chi connectivity index (χ1) is 9.13. The van der Waals surface area contributed by atoms with E-state index in [1.807, 2.05) is 30.3 Å². The van der Waals surface area contributed by atoms with E-state index < -0.39 is 0 Å². The van der Waals surface area contributed by atoms with Crippen LogP contribution in [-0.2, 0) is 9.53 Å². The van der Waals surface area contributed by atoms with Gasteiger partial charge in [-0.05, 0) is 24.7 Å².